The summed E-state index contributed by atoms with van der Waals surface area (Å²) in [4.78, 5) is 24.8. The van der Waals surface area contributed by atoms with Crippen LogP contribution in [0.1, 0.15) is 26.3 Å². The Bertz CT molecular complexity index is 1560. The Morgan fingerprint density at radius 2 is 1.40 bits per heavy atom. The third kappa shape index (κ3) is 5.82. The first-order valence-electron chi connectivity index (χ1n) is 10.4. The molecule has 0 radical (unpaired) electrons. The molecule has 0 aliphatic heterocycles. The number of aromatic amines is 1. The molecule has 5 aromatic rings. The minimum atomic E-state index is -3.71. The number of hydrogen-bond donors (Lipinski definition) is 1. The lowest BCUT2D eigenvalue weighted by atomic mass is 10.2. The maximum atomic E-state index is 12.7. The summed E-state index contributed by atoms with van der Waals surface area (Å²) in [6.45, 7) is 1.89. The van der Waals surface area contributed by atoms with Crippen LogP contribution in [0.15, 0.2) is 90.1 Å². The smallest absolute Gasteiger partial charge is 0.268 e. The van der Waals surface area contributed by atoms with E-state index in [1.165, 1.54) is 6.20 Å². The summed E-state index contributed by atoms with van der Waals surface area (Å²) in [5.74, 6) is 0. The number of carbonyl (C=O) groups excluding carboxylic acids is 2. The Morgan fingerprint density at radius 3 is 2.03 bits per heavy atom. The lowest BCUT2D eigenvalue weighted by Gasteiger charge is -2.07. The van der Waals surface area contributed by atoms with E-state index in [1.807, 2.05) is 31.2 Å². The van der Waals surface area contributed by atoms with Crippen LogP contribution in [-0.4, -0.2) is 35.3 Å². The summed E-state index contributed by atoms with van der Waals surface area (Å²) in [5, 5.41) is 1.81. The fourth-order valence-corrected chi connectivity index (χ4v) is 4.86. The highest BCUT2D eigenvalue weighted by molar-refractivity contribution is 7.90. The minimum Gasteiger partial charge on any atom is -0.360 e. The van der Waals surface area contributed by atoms with Crippen LogP contribution in [0.3, 0.4) is 0 Å². The molecule has 2 heterocycles. The lowest BCUT2D eigenvalue weighted by molar-refractivity contribution is 0.111. The van der Waals surface area contributed by atoms with Crippen molar-refractivity contribution in [2.75, 3.05) is 5.34 Å². The molecule has 5 rings (SSSR count). The monoisotopic (exact) mass is 528 g/mol. The molecule has 0 saturated carbocycles. The van der Waals surface area contributed by atoms with Crippen molar-refractivity contribution in [2.45, 2.75) is 11.8 Å². The van der Waals surface area contributed by atoms with Crippen molar-refractivity contribution in [3.63, 3.8) is 0 Å². The topological polar surface area (TPSA) is 89.0 Å². The number of aryl methyl sites for hydroxylation is 1. The maximum absolute atomic E-state index is 12.7. The van der Waals surface area contributed by atoms with Crippen molar-refractivity contribution in [3.05, 3.63) is 102 Å². The summed E-state index contributed by atoms with van der Waals surface area (Å²) in [6, 6.07) is 21.3. The van der Waals surface area contributed by atoms with Gasteiger partial charge >= 0.3 is 0 Å². The molecule has 0 atom stereocenters. The molecule has 0 saturated heterocycles. The number of benzene rings is 3. The number of hydrogen-bond acceptors (Lipinski definition) is 4. The number of nitrogens with one attached hydrogen (secondary N) is 1. The van der Waals surface area contributed by atoms with E-state index in [9.17, 15) is 18.0 Å². The van der Waals surface area contributed by atoms with Crippen molar-refractivity contribution in [1.29, 1.82) is 0 Å². The molecule has 6 nitrogen and oxygen atoms in total. The maximum Gasteiger partial charge on any atom is 0.268 e. The second kappa shape index (κ2) is 11.8. The van der Waals surface area contributed by atoms with Gasteiger partial charge in [0.05, 0.1) is 15.8 Å². The average Bonchev–Trinajstić information content (AvgIpc) is 3.47. The normalized spacial score (nSPS) is 10.7. The van der Waals surface area contributed by atoms with E-state index in [4.69, 9.17) is 23.2 Å². The van der Waals surface area contributed by atoms with Crippen molar-refractivity contribution >= 4 is 67.6 Å². The number of para-hydroxylation sites is 2. The second-order valence-electron chi connectivity index (χ2n) is 7.34. The molecule has 180 valence electrons. The molecular formula is C26H22Cl2N2O4S. The molecule has 3 aromatic carbocycles. The Kier molecular flexibility index (Phi) is 8.87. The first kappa shape index (κ1) is 26.2. The Morgan fingerprint density at radius 1 is 0.829 bits per heavy atom. The van der Waals surface area contributed by atoms with Crippen molar-refractivity contribution < 1.29 is 18.0 Å². The fourth-order valence-electron chi connectivity index (χ4n) is 3.48. The van der Waals surface area contributed by atoms with Gasteiger partial charge in [0.1, 0.15) is 0 Å². The zero-order valence-electron chi connectivity index (χ0n) is 18.7. The molecule has 0 aliphatic carbocycles. The van der Waals surface area contributed by atoms with E-state index in [0.717, 1.165) is 32.3 Å². The van der Waals surface area contributed by atoms with Crippen LogP contribution in [0.25, 0.3) is 21.8 Å². The number of fused-ring (bicyclic) bond motifs is 2. The SMILES string of the molecule is Cc1ccc(S(=O)(=O)n2cc(C=O)c3ccccc32)cc1.ClCCl.O=Cc1c[nH]c2ccccc12. The second-order valence-corrected chi connectivity index (χ2v) is 9.96. The minimum absolute atomic E-state index is 0.194. The first-order chi connectivity index (χ1) is 16.9. The van der Waals surface area contributed by atoms with Gasteiger partial charge in [-0.1, -0.05) is 54.1 Å². The van der Waals surface area contributed by atoms with Crippen molar-refractivity contribution in [3.8, 4) is 0 Å². The summed E-state index contributed by atoms with van der Waals surface area (Å²) in [5.41, 5.74) is 3.58. The van der Waals surface area contributed by atoms with Crippen molar-refractivity contribution in [2.24, 2.45) is 0 Å². The number of carbonyl (C=O) groups is 2. The molecule has 35 heavy (non-hydrogen) atoms. The third-order valence-corrected chi connectivity index (χ3v) is 6.85. The zero-order chi connectivity index (χ0) is 25.4. The van der Waals surface area contributed by atoms with E-state index in [-0.39, 0.29) is 10.2 Å². The highest BCUT2D eigenvalue weighted by Gasteiger charge is 2.20. The quantitative estimate of drug-likeness (QED) is 0.216. The van der Waals surface area contributed by atoms with Gasteiger partial charge in [-0.2, -0.15) is 0 Å². The van der Waals surface area contributed by atoms with E-state index < -0.39 is 10.0 Å². The van der Waals surface area contributed by atoms with Gasteiger partial charge in [0.15, 0.2) is 12.6 Å². The van der Waals surface area contributed by atoms with E-state index >= 15 is 0 Å². The van der Waals surface area contributed by atoms with E-state index in [1.54, 1.807) is 54.7 Å². The molecule has 9 heteroatoms. The van der Waals surface area contributed by atoms with Gasteiger partial charge in [-0.3, -0.25) is 9.59 Å². The standard InChI is InChI=1S/C16H13NO3S.C9H7NO.CH2Cl2/c1-12-6-8-14(9-7-12)21(19,20)17-10-13(11-18)15-4-2-3-5-16(15)17;11-6-7-5-10-9-4-2-1-3-8(7)9;2-1-3/h2-11H,1H3;1-6,10H;1H2. The molecule has 0 unspecified atom stereocenters. The molecule has 2 aromatic heterocycles. The van der Waals surface area contributed by atoms with Gasteiger partial charge in [0.25, 0.3) is 10.0 Å². The first-order valence-corrected chi connectivity index (χ1v) is 12.9. The van der Waals surface area contributed by atoms with Gasteiger partial charge < -0.3 is 4.98 Å². The van der Waals surface area contributed by atoms with Gasteiger partial charge in [0, 0.05) is 39.8 Å². The predicted molar refractivity (Wildman–Crippen MR) is 141 cm³/mol. The molecule has 1 N–H and O–H groups in total. The number of aldehydes is 2. The molecular weight excluding hydrogens is 507 g/mol. The van der Waals surface area contributed by atoms with Crippen LogP contribution >= 0.6 is 23.2 Å². The number of alkyl halides is 2. The van der Waals surface area contributed by atoms with Gasteiger partial charge in [-0.15, -0.1) is 23.2 Å². The highest BCUT2D eigenvalue weighted by atomic mass is 35.5. The number of nitrogens with zero attached hydrogens (tertiary/aromatic N) is 1. The van der Waals surface area contributed by atoms with Crippen molar-refractivity contribution in [1.82, 2.24) is 8.96 Å². The van der Waals surface area contributed by atoms with Gasteiger partial charge in [-0.05, 0) is 31.2 Å². The molecule has 0 fully saturated rings. The van der Waals surface area contributed by atoms with E-state index in [0.29, 0.717) is 22.8 Å². The fraction of sp³-hybridized carbons (Fsp3) is 0.0769. The summed E-state index contributed by atoms with van der Waals surface area (Å²) >= 11 is 9.53. The van der Waals surface area contributed by atoms with Crippen LogP contribution in [0.5, 0.6) is 0 Å². The predicted octanol–water partition coefficient (Wildman–Crippen LogP) is 6.40. The largest absolute Gasteiger partial charge is 0.360 e. The summed E-state index contributed by atoms with van der Waals surface area (Å²) in [7, 11) is -3.71. The number of rotatable bonds is 4. The van der Waals surface area contributed by atoms with Gasteiger partial charge in [-0.25, -0.2) is 12.4 Å². The van der Waals surface area contributed by atoms with Crippen LogP contribution < -0.4 is 0 Å². The summed E-state index contributed by atoms with van der Waals surface area (Å²) < 4.78 is 26.6. The third-order valence-electron chi connectivity index (χ3n) is 5.16. The van der Waals surface area contributed by atoms with Gasteiger partial charge in [0.2, 0.25) is 0 Å². The molecule has 0 amide bonds. The summed E-state index contributed by atoms with van der Waals surface area (Å²) in [6.07, 6.45) is 4.62. The average molecular weight is 529 g/mol. The van der Waals surface area contributed by atoms with Crippen LogP contribution in [0, 0.1) is 6.92 Å². The molecule has 0 spiro atoms. The molecule has 0 bridgehead atoms. The molecule has 0 aliphatic rings. The highest BCUT2D eigenvalue weighted by Crippen LogP contribution is 2.25. The van der Waals surface area contributed by atoms with E-state index in [2.05, 4.69) is 4.98 Å². The van der Waals surface area contributed by atoms with Crippen LogP contribution in [0.2, 0.25) is 0 Å². The Balaban J connectivity index is 0.000000204. The number of aromatic nitrogens is 2. The Labute approximate surface area is 213 Å². The van der Waals surface area contributed by atoms with Crippen LogP contribution in [-0.2, 0) is 10.0 Å². The zero-order valence-corrected chi connectivity index (χ0v) is 21.0. The lowest BCUT2D eigenvalue weighted by Crippen LogP contribution is -2.11. The van der Waals surface area contributed by atoms with Crippen LogP contribution in [0.4, 0.5) is 0 Å². The number of H-pyrrole nitrogens is 1. The Hall–Kier alpha value is -3.39. The number of halogens is 2.